The Morgan fingerprint density at radius 3 is 2.71 bits per heavy atom. The molecule has 21 heavy (non-hydrogen) atoms. The lowest BCUT2D eigenvalue weighted by Crippen LogP contribution is -2.29. The van der Waals surface area contributed by atoms with Crippen molar-refractivity contribution in [2.24, 2.45) is 5.92 Å². The molecule has 0 bridgehead atoms. The average Bonchev–Trinajstić information content (AvgIpc) is 2.54. The molecule has 0 radical (unpaired) electrons. The molecule has 5 heteroatoms. The van der Waals surface area contributed by atoms with Crippen LogP contribution < -0.4 is 5.32 Å². The molecule has 1 N–H and O–H groups in total. The van der Waals surface area contributed by atoms with Crippen molar-refractivity contribution in [3.8, 4) is 6.07 Å². The molecule has 0 aliphatic heterocycles. The SMILES string of the molecule is CNC(=O)c1cccc(C(=O)OC2CCCCC2C#N)c1. The average molecular weight is 286 g/mol. The summed E-state index contributed by atoms with van der Waals surface area (Å²) in [6, 6.07) is 8.60. The lowest BCUT2D eigenvalue weighted by molar-refractivity contribution is 0.0107. The number of esters is 1. The van der Waals surface area contributed by atoms with E-state index in [1.54, 1.807) is 18.2 Å². The van der Waals surface area contributed by atoms with Crippen molar-refractivity contribution in [2.45, 2.75) is 31.8 Å². The van der Waals surface area contributed by atoms with Crippen LogP contribution in [0.25, 0.3) is 0 Å². The van der Waals surface area contributed by atoms with Gasteiger partial charge in [-0.15, -0.1) is 0 Å². The largest absolute Gasteiger partial charge is 0.457 e. The summed E-state index contributed by atoms with van der Waals surface area (Å²) >= 11 is 0. The van der Waals surface area contributed by atoms with E-state index in [9.17, 15) is 9.59 Å². The van der Waals surface area contributed by atoms with Crippen molar-refractivity contribution in [1.29, 1.82) is 5.26 Å². The highest BCUT2D eigenvalue weighted by Crippen LogP contribution is 2.27. The third-order valence-electron chi connectivity index (χ3n) is 3.71. The molecule has 1 aliphatic carbocycles. The second kappa shape index (κ2) is 6.89. The van der Waals surface area contributed by atoms with Gasteiger partial charge in [0, 0.05) is 12.6 Å². The highest BCUT2D eigenvalue weighted by atomic mass is 16.5. The lowest BCUT2D eigenvalue weighted by Gasteiger charge is -2.26. The van der Waals surface area contributed by atoms with Gasteiger partial charge < -0.3 is 10.1 Å². The fourth-order valence-electron chi connectivity index (χ4n) is 2.52. The Bertz CT molecular complexity index is 577. The van der Waals surface area contributed by atoms with Gasteiger partial charge in [0.1, 0.15) is 6.10 Å². The third kappa shape index (κ3) is 3.60. The van der Waals surface area contributed by atoms with E-state index in [0.29, 0.717) is 11.1 Å². The smallest absolute Gasteiger partial charge is 0.338 e. The van der Waals surface area contributed by atoms with Gasteiger partial charge >= 0.3 is 5.97 Å². The topological polar surface area (TPSA) is 79.2 Å². The van der Waals surface area contributed by atoms with Crippen LogP contribution in [-0.4, -0.2) is 25.0 Å². The summed E-state index contributed by atoms with van der Waals surface area (Å²) in [5.41, 5.74) is 0.741. The molecule has 1 aromatic rings. The first-order chi connectivity index (χ1) is 10.2. The van der Waals surface area contributed by atoms with E-state index in [1.807, 2.05) is 0 Å². The summed E-state index contributed by atoms with van der Waals surface area (Å²) in [4.78, 5) is 23.7. The zero-order valence-corrected chi connectivity index (χ0v) is 12.0. The van der Waals surface area contributed by atoms with Gasteiger partial charge in [0.2, 0.25) is 0 Å². The first-order valence-electron chi connectivity index (χ1n) is 7.08. The second-order valence-corrected chi connectivity index (χ2v) is 5.12. The number of nitriles is 1. The van der Waals surface area contributed by atoms with Crippen LogP contribution in [0.15, 0.2) is 24.3 Å². The molecule has 1 aliphatic rings. The first-order valence-corrected chi connectivity index (χ1v) is 7.08. The van der Waals surface area contributed by atoms with Crippen LogP contribution in [0.1, 0.15) is 46.4 Å². The van der Waals surface area contributed by atoms with Gasteiger partial charge in [-0.2, -0.15) is 5.26 Å². The fourth-order valence-corrected chi connectivity index (χ4v) is 2.52. The molecule has 1 saturated carbocycles. The molecule has 2 rings (SSSR count). The molecule has 0 heterocycles. The van der Waals surface area contributed by atoms with E-state index in [-0.39, 0.29) is 17.9 Å². The van der Waals surface area contributed by atoms with E-state index in [0.717, 1.165) is 25.7 Å². The number of carbonyl (C=O) groups excluding carboxylic acids is 2. The summed E-state index contributed by atoms with van der Waals surface area (Å²) in [5.74, 6) is -0.963. The number of hydrogen-bond acceptors (Lipinski definition) is 4. The third-order valence-corrected chi connectivity index (χ3v) is 3.71. The van der Waals surface area contributed by atoms with Crippen LogP contribution in [-0.2, 0) is 4.74 Å². The molecule has 1 amide bonds. The minimum Gasteiger partial charge on any atom is -0.457 e. The highest BCUT2D eigenvalue weighted by molar-refractivity contribution is 5.97. The van der Waals surface area contributed by atoms with E-state index in [2.05, 4.69) is 11.4 Å². The van der Waals surface area contributed by atoms with Gasteiger partial charge in [0.15, 0.2) is 0 Å². The van der Waals surface area contributed by atoms with Crippen LogP contribution in [0, 0.1) is 17.2 Å². The van der Waals surface area contributed by atoms with Gasteiger partial charge in [-0.1, -0.05) is 12.5 Å². The number of benzene rings is 1. The molecule has 0 spiro atoms. The number of ether oxygens (including phenoxy) is 1. The molecule has 5 nitrogen and oxygen atoms in total. The van der Waals surface area contributed by atoms with Crippen molar-refractivity contribution < 1.29 is 14.3 Å². The van der Waals surface area contributed by atoms with Crippen molar-refractivity contribution in [1.82, 2.24) is 5.32 Å². The van der Waals surface area contributed by atoms with Gasteiger partial charge in [0.05, 0.1) is 17.6 Å². The quantitative estimate of drug-likeness (QED) is 0.865. The molecule has 1 aromatic carbocycles. The fraction of sp³-hybridized carbons (Fsp3) is 0.438. The monoisotopic (exact) mass is 286 g/mol. The highest BCUT2D eigenvalue weighted by Gasteiger charge is 2.28. The van der Waals surface area contributed by atoms with Gasteiger partial charge in [0.25, 0.3) is 5.91 Å². The van der Waals surface area contributed by atoms with Crippen LogP contribution in [0.5, 0.6) is 0 Å². The number of nitrogens with zero attached hydrogens (tertiary/aromatic N) is 1. The second-order valence-electron chi connectivity index (χ2n) is 5.12. The Labute approximate surface area is 123 Å². The Morgan fingerprint density at radius 2 is 2.00 bits per heavy atom. The van der Waals surface area contributed by atoms with Gasteiger partial charge in [-0.25, -0.2) is 4.79 Å². The number of nitrogens with one attached hydrogen (secondary N) is 1. The molecule has 0 aromatic heterocycles. The van der Waals surface area contributed by atoms with Crippen LogP contribution >= 0.6 is 0 Å². The molecular formula is C16H18N2O3. The molecule has 110 valence electrons. The van der Waals surface area contributed by atoms with E-state index in [4.69, 9.17) is 10.00 Å². The maximum atomic E-state index is 12.2. The zero-order chi connectivity index (χ0) is 15.2. The summed E-state index contributed by atoms with van der Waals surface area (Å²) < 4.78 is 5.46. The van der Waals surface area contributed by atoms with Crippen molar-refractivity contribution in [3.63, 3.8) is 0 Å². The standard InChI is InChI=1S/C16H18N2O3/c1-18-15(19)11-6-4-7-12(9-11)16(20)21-14-8-3-2-5-13(14)10-17/h4,6-7,9,13-14H,2-3,5,8H2,1H3,(H,18,19). The van der Waals surface area contributed by atoms with E-state index in [1.165, 1.54) is 13.1 Å². The number of rotatable bonds is 3. The van der Waals surface area contributed by atoms with Crippen molar-refractivity contribution >= 4 is 11.9 Å². The first kappa shape index (κ1) is 15.0. The maximum Gasteiger partial charge on any atom is 0.338 e. The molecular weight excluding hydrogens is 268 g/mol. The Hall–Kier alpha value is -2.35. The number of hydrogen-bond donors (Lipinski definition) is 1. The van der Waals surface area contributed by atoms with Crippen LogP contribution in [0.4, 0.5) is 0 Å². The Kier molecular flexibility index (Phi) is 4.94. The maximum absolute atomic E-state index is 12.2. The minimum atomic E-state index is -0.479. The Balaban J connectivity index is 2.09. The predicted octanol–water partition coefficient (Wildman–Crippen LogP) is 2.29. The number of carbonyl (C=O) groups is 2. The molecule has 2 atom stereocenters. The minimum absolute atomic E-state index is 0.232. The van der Waals surface area contributed by atoms with Crippen molar-refractivity contribution in [3.05, 3.63) is 35.4 Å². The van der Waals surface area contributed by atoms with Gasteiger partial charge in [-0.05, 0) is 37.5 Å². The zero-order valence-electron chi connectivity index (χ0n) is 12.0. The molecule has 2 unspecified atom stereocenters. The van der Waals surface area contributed by atoms with Crippen molar-refractivity contribution in [2.75, 3.05) is 7.05 Å². The van der Waals surface area contributed by atoms with Crippen LogP contribution in [0.3, 0.4) is 0 Å². The molecule has 0 saturated heterocycles. The van der Waals surface area contributed by atoms with E-state index < -0.39 is 5.97 Å². The summed E-state index contributed by atoms with van der Waals surface area (Å²) in [6.07, 6.45) is 3.11. The summed E-state index contributed by atoms with van der Waals surface area (Å²) in [5, 5.41) is 11.6. The number of amides is 1. The molecule has 1 fully saturated rings. The van der Waals surface area contributed by atoms with Gasteiger partial charge in [-0.3, -0.25) is 4.79 Å². The van der Waals surface area contributed by atoms with Crippen LogP contribution in [0.2, 0.25) is 0 Å². The predicted molar refractivity (Wildman–Crippen MR) is 76.6 cm³/mol. The summed E-state index contributed by atoms with van der Waals surface area (Å²) in [7, 11) is 1.53. The Morgan fingerprint density at radius 1 is 1.29 bits per heavy atom. The normalized spacial score (nSPS) is 21.1. The lowest BCUT2D eigenvalue weighted by atomic mass is 9.87. The summed E-state index contributed by atoms with van der Waals surface area (Å²) in [6.45, 7) is 0. The van der Waals surface area contributed by atoms with E-state index >= 15 is 0 Å².